The number of nitrogens with one attached hydrogen (secondary N) is 1. The lowest BCUT2D eigenvalue weighted by molar-refractivity contribution is 0.207. The average Bonchev–Trinajstić information content (AvgIpc) is 2.85. The van der Waals surface area contributed by atoms with Crippen molar-refractivity contribution < 1.29 is 0 Å². The molecule has 0 saturated heterocycles. The molecule has 0 fully saturated rings. The number of tetrazole rings is 1. The number of nitrogens with zero attached hydrogens (tertiary/aromatic N) is 5. The summed E-state index contributed by atoms with van der Waals surface area (Å²) in [4.78, 5) is 2.27. The SMILES string of the molecule is c1ccc(CCN2CNc3nnnn3C2)cc1. The second-order valence-electron chi connectivity index (χ2n) is 4.11. The summed E-state index contributed by atoms with van der Waals surface area (Å²) in [6, 6.07) is 10.5. The predicted molar refractivity (Wildman–Crippen MR) is 63.2 cm³/mol. The van der Waals surface area contributed by atoms with Gasteiger partial charge in [-0.1, -0.05) is 35.4 Å². The number of aromatic nitrogens is 4. The predicted octanol–water partition coefficient (Wildman–Crippen LogP) is 0.558. The van der Waals surface area contributed by atoms with Crippen molar-refractivity contribution in [1.29, 1.82) is 0 Å². The summed E-state index contributed by atoms with van der Waals surface area (Å²) in [7, 11) is 0. The highest BCUT2D eigenvalue weighted by molar-refractivity contribution is 5.22. The van der Waals surface area contributed by atoms with Gasteiger partial charge in [-0.05, 0) is 22.4 Å². The van der Waals surface area contributed by atoms with Crippen molar-refractivity contribution in [3.8, 4) is 0 Å². The van der Waals surface area contributed by atoms with Crippen LogP contribution in [-0.4, -0.2) is 38.3 Å². The van der Waals surface area contributed by atoms with Gasteiger partial charge in [0.05, 0.1) is 13.3 Å². The second-order valence-corrected chi connectivity index (χ2v) is 4.11. The van der Waals surface area contributed by atoms with E-state index in [1.807, 2.05) is 6.07 Å². The average molecular weight is 230 g/mol. The number of anilines is 1. The first-order valence-corrected chi connectivity index (χ1v) is 5.68. The maximum Gasteiger partial charge on any atom is 0.245 e. The molecule has 88 valence electrons. The molecule has 1 aromatic carbocycles. The van der Waals surface area contributed by atoms with Crippen LogP contribution in [0.1, 0.15) is 5.56 Å². The third-order valence-corrected chi connectivity index (χ3v) is 2.89. The minimum absolute atomic E-state index is 0.751. The molecular formula is C11H14N6. The van der Waals surface area contributed by atoms with Gasteiger partial charge in [-0.25, -0.2) is 0 Å². The zero-order chi connectivity index (χ0) is 11.5. The standard InChI is InChI=1S/C11H14N6/c1-2-4-10(5-3-1)6-7-16-8-12-11-13-14-15-17(11)9-16/h1-5H,6-9H2,(H,12,13,15). The number of hydrogen-bond donors (Lipinski definition) is 1. The summed E-state index contributed by atoms with van der Waals surface area (Å²) in [5.74, 6) is 0.751. The third-order valence-electron chi connectivity index (χ3n) is 2.89. The summed E-state index contributed by atoms with van der Waals surface area (Å²) >= 11 is 0. The van der Waals surface area contributed by atoms with Crippen LogP contribution in [0.5, 0.6) is 0 Å². The molecule has 0 amide bonds. The Morgan fingerprint density at radius 2 is 2.12 bits per heavy atom. The van der Waals surface area contributed by atoms with Crippen LogP contribution in [0.25, 0.3) is 0 Å². The van der Waals surface area contributed by atoms with E-state index in [2.05, 4.69) is 50.0 Å². The second kappa shape index (κ2) is 4.50. The Kier molecular flexibility index (Phi) is 2.71. The van der Waals surface area contributed by atoms with Crippen LogP contribution in [0.15, 0.2) is 30.3 Å². The molecule has 0 unspecified atom stereocenters. The van der Waals surface area contributed by atoms with E-state index >= 15 is 0 Å². The van der Waals surface area contributed by atoms with E-state index in [9.17, 15) is 0 Å². The molecule has 6 heteroatoms. The summed E-state index contributed by atoms with van der Waals surface area (Å²) in [5, 5.41) is 14.6. The molecule has 0 bridgehead atoms. The molecule has 0 atom stereocenters. The van der Waals surface area contributed by atoms with Crippen molar-refractivity contribution in [2.75, 3.05) is 18.5 Å². The Bertz CT molecular complexity index is 480. The molecule has 1 aromatic heterocycles. The van der Waals surface area contributed by atoms with Gasteiger partial charge in [0, 0.05) is 6.54 Å². The van der Waals surface area contributed by atoms with E-state index in [0.717, 1.165) is 32.3 Å². The van der Waals surface area contributed by atoms with Crippen LogP contribution in [-0.2, 0) is 13.1 Å². The van der Waals surface area contributed by atoms with Gasteiger partial charge in [-0.3, -0.25) is 4.90 Å². The Balaban J connectivity index is 1.58. The lowest BCUT2D eigenvalue weighted by Crippen LogP contribution is -2.38. The van der Waals surface area contributed by atoms with Gasteiger partial charge in [-0.15, -0.1) is 0 Å². The van der Waals surface area contributed by atoms with E-state index in [0.29, 0.717) is 0 Å². The lowest BCUT2D eigenvalue weighted by atomic mass is 10.1. The zero-order valence-corrected chi connectivity index (χ0v) is 9.45. The van der Waals surface area contributed by atoms with Gasteiger partial charge >= 0.3 is 0 Å². The molecule has 0 radical (unpaired) electrons. The first-order chi connectivity index (χ1) is 8.42. The summed E-state index contributed by atoms with van der Waals surface area (Å²) in [6.07, 6.45) is 1.04. The van der Waals surface area contributed by atoms with Crippen molar-refractivity contribution in [3.63, 3.8) is 0 Å². The first-order valence-electron chi connectivity index (χ1n) is 5.68. The Morgan fingerprint density at radius 3 is 3.00 bits per heavy atom. The lowest BCUT2D eigenvalue weighted by Gasteiger charge is -2.26. The molecule has 1 N–H and O–H groups in total. The monoisotopic (exact) mass is 230 g/mol. The number of rotatable bonds is 3. The summed E-state index contributed by atoms with van der Waals surface area (Å²) < 4.78 is 1.77. The topological polar surface area (TPSA) is 58.9 Å². The minimum atomic E-state index is 0.751. The molecule has 1 aliphatic rings. The van der Waals surface area contributed by atoms with Crippen molar-refractivity contribution in [3.05, 3.63) is 35.9 Å². The van der Waals surface area contributed by atoms with Crippen LogP contribution >= 0.6 is 0 Å². The molecule has 0 spiro atoms. The highest BCUT2D eigenvalue weighted by atomic mass is 15.6. The third kappa shape index (κ3) is 2.26. The zero-order valence-electron chi connectivity index (χ0n) is 9.45. The van der Waals surface area contributed by atoms with Crippen LogP contribution in [0, 0.1) is 0 Å². The van der Waals surface area contributed by atoms with Crippen molar-refractivity contribution in [2.45, 2.75) is 13.1 Å². The van der Waals surface area contributed by atoms with E-state index in [4.69, 9.17) is 0 Å². The van der Waals surface area contributed by atoms with Crippen LogP contribution in [0.2, 0.25) is 0 Å². The summed E-state index contributed by atoms with van der Waals surface area (Å²) in [6.45, 7) is 2.55. The van der Waals surface area contributed by atoms with Crippen LogP contribution < -0.4 is 5.32 Å². The molecule has 2 heterocycles. The maximum absolute atomic E-state index is 3.91. The van der Waals surface area contributed by atoms with Gasteiger partial charge in [-0.2, -0.15) is 4.68 Å². The maximum atomic E-state index is 3.91. The van der Waals surface area contributed by atoms with Crippen molar-refractivity contribution in [1.82, 2.24) is 25.1 Å². The van der Waals surface area contributed by atoms with Crippen LogP contribution in [0.3, 0.4) is 0 Å². The molecule has 17 heavy (non-hydrogen) atoms. The first kappa shape index (κ1) is 10.2. The molecule has 1 aliphatic heterocycles. The minimum Gasteiger partial charge on any atom is -0.340 e. The molecule has 3 rings (SSSR count). The quantitative estimate of drug-likeness (QED) is 0.834. The molecular weight excluding hydrogens is 216 g/mol. The highest BCUT2D eigenvalue weighted by Gasteiger charge is 2.16. The smallest absolute Gasteiger partial charge is 0.245 e. The van der Waals surface area contributed by atoms with Crippen molar-refractivity contribution in [2.24, 2.45) is 0 Å². The van der Waals surface area contributed by atoms with Gasteiger partial charge in [0.25, 0.3) is 0 Å². The normalized spacial score (nSPS) is 15.3. The fourth-order valence-corrected chi connectivity index (χ4v) is 1.93. The van der Waals surface area contributed by atoms with E-state index in [-0.39, 0.29) is 0 Å². The molecule has 6 nitrogen and oxygen atoms in total. The Labute approximate surface area is 99.2 Å². The Hall–Kier alpha value is -1.95. The van der Waals surface area contributed by atoms with Gasteiger partial charge in [0.15, 0.2) is 0 Å². The van der Waals surface area contributed by atoms with E-state index in [1.54, 1.807) is 4.68 Å². The van der Waals surface area contributed by atoms with E-state index in [1.165, 1.54) is 5.56 Å². The molecule has 2 aromatic rings. The molecule has 0 saturated carbocycles. The highest BCUT2D eigenvalue weighted by Crippen LogP contribution is 2.09. The van der Waals surface area contributed by atoms with Crippen LogP contribution in [0.4, 0.5) is 5.95 Å². The van der Waals surface area contributed by atoms with Gasteiger partial charge < -0.3 is 5.32 Å². The molecule has 0 aliphatic carbocycles. The fraction of sp³-hybridized carbons (Fsp3) is 0.364. The number of fused-ring (bicyclic) bond motifs is 1. The van der Waals surface area contributed by atoms with Gasteiger partial charge in [0.2, 0.25) is 5.95 Å². The number of hydrogen-bond acceptors (Lipinski definition) is 5. The number of benzene rings is 1. The van der Waals surface area contributed by atoms with E-state index < -0.39 is 0 Å². The van der Waals surface area contributed by atoms with Crippen molar-refractivity contribution >= 4 is 5.95 Å². The largest absolute Gasteiger partial charge is 0.340 e. The summed E-state index contributed by atoms with van der Waals surface area (Å²) in [5.41, 5.74) is 1.36. The fourth-order valence-electron chi connectivity index (χ4n) is 1.93. The Morgan fingerprint density at radius 1 is 1.24 bits per heavy atom. The van der Waals surface area contributed by atoms with Gasteiger partial charge in [0.1, 0.15) is 0 Å².